The number of benzene rings is 2. The number of halogens is 1. The Bertz CT molecular complexity index is 1110. The number of hydrogen-bond donors (Lipinski definition) is 1. The number of hydrogen-bond acceptors (Lipinski definition) is 6. The number of carbonyl (C=O) groups is 1. The first-order chi connectivity index (χ1) is 14.3. The van der Waals surface area contributed by atoms with Gasteiger partial charge in [-0.05, 0) is 30.3 Å². The molecule has 1 fully saturated rings. The molecular weight excluding hydrogens is 472 g/mol. The van der Waals surface area contributed by atoms with E-state index >= 15 is 0 Å². The standard InChI is InChI=1S/C20H21BrN4O4S/c1-24(20-15-4-2-3-5-18(15)30(27,28)23-20)13-19(26)22-16-12-14(21)6-7-17(16)25-8-10-29-11-9-25/h2-7,12H,8-11,13H2,1H3,(H,22,26). The van der Waals surface area contributed by atoms with E-state index in [0.717, 1.165) is 23.2 Å². The van der Waals surface area contributed by atoms with Gasteiger partial charge in [-0.3, -0.25) is 4.79 Å². The number of anilines is 2. The molecule has 0 saturated carbocycles. The molecule has 0 aromatic heterocycles. The molecule has 8 nitrogen and oxygen atoms in total. The summed E-state index contributed by atoms with van der Waals surface area (Å²) in [4.78, 5) is 16.7. The first-order valence-electron chi connectivity index (χ1n) is 9.43. The third-order valence-corrected chi connectivity index (χ3v) is 6.76. The number of sulfonamides is 1. The smallest absolute Gasteiger partial charge is 0.285 e. The van der Waals surface area contributed by atoms with Crippen molar-refractivity contribution >= 4 is 49.1 Å². The topological polar surface area (TPSA) is 91.3 Å². The third-order valence-electron chi connectivity index (χ3n) is 4.94. The highest BCUT2D eigenvalue weighted by Gasteiger charge is 2.31. The minimum absolute atomic E-state index is 0.0439. The van der Waals surface area contributed by atoms with Crippen LogP contribution in [-0.2, 0) is 19.6 Å². The molecule has 1 amide bonds. The molecule has 0 spiro atoms. The SMILES string of the molecule is CN(CC(=O)Nc1cc(Br)ccc1N1CCOCC1)C1=NS(=O)(=O)c2ccccc21. The maximum atomic E-state index is 12.8. The fraction of sp³-hybridized carbons (Fsp3) is 0.300. The van der Waals surface area contributed by atoms with E-state index in [4.69, 9.17) is 4.74 Å². The molecular formula is C20H21BrN4O4S. The van der Waals surface area contributed by atoms with Gasteiger partial charge in [0.05, 0.1) is 31.1 Å². The molecule has 2 aromatic carbocycles. The molecule has 4 rings (SSSR count). The Labute approximate surface area is 183 Å². The number of morpholine rings is 1. The van der Waals surface area contributed by atoms with E-state index in [9.17, 15) is 13.2 Å². The molecule has 158 valence electrons. The number of nitrogens with zero attached hydrogens (tertiary/aromatic N) is 3. The minimum Gasteiger partial charge on any atom is -0.378 e. The molecule has 0 radical (unpaired) electrons. The van der Waals surface area contributed by atoms with E-state index in [-0.39, 0.29) is 23.2 Å². The van der Waals surface area contributed by atoms with Crippen molar-refractivity contribution in [1.29, 1.82) is 0 Å². The quantitative estimate of drug-likeness (QED) is 0.703. The molecule has 30 heavy (non-hydrogen) atoms. The van der Waals surface area contributed by atoms with Crippen LogP contribution in [0.2, 0.25) is 0 Å². The molecule has 2 heterocycles. The van der Waals surface area contributed by atoms with Crippen molar-refractivity contribution in [3.63, 3.8) is 0 Å². The Morgan fingerprint density at radius 1 is 1.23 bits per heavy atom. The van der Waals surface area contributed by atoms with E-state index in [2.05, 4.69) is 30.5 Å². The third kappa shape index (κ3) is 4.21. The van der Waals surface area contributed by atoms with Crippen molar-refractivity contribution in [2.24, 2.45) is 4.40 Å². The van der Waals surface area contributed by atoms with Crippen LogP contribution in [0.15, 0.2) is 56.2 Å². The summed E-state index contributed by atoms with van der Waals surface area (Å²) in [6, 6.07) is 12.4. The van der Waals surface area contributed by atoms with Crippen LogP contribution in [0.5, 0.6) is 0 Å². The largest absolute Gasteiger partial charge is 0.378 e. The maximum absolute atomic E-state index is 12.8. The summed E-state index contributed by atoms with van der Waals surface area (Å²) < 4.78 is 34.7. The Morgan fingerprint density at radius 2 is 1.97 bits per heavy atom. The Kier molecular flexibility index (Phi) is 5.81. The zero-order valence-electron chi connectivity index (χ0n) is 16.3. The van der Waals surface area contributed by atoms with Crippen LogP contribution in [0, 0.1) is 0 Å². The maximum Gasteiger partial charge on any atom is 0.285 e. The van der Waals surface area contributed by atoms with Gasteiger partial charge in [0, 0.05) is 30.2 Å². The second kappa shape index (κ2) is 8.37. The van der Waals surface area contributed by atoms with Gasteiger partial charge in [0.25, 0.3) is 10.0 Å². The number of nitrogens with one attached hydrogen (secondary N) is 1. The number of likely N-dealkylation sites (N-methyl/N-ethyl adjacent to an activating group) is 1. The van der Waals surface area contributed by atoms with E-state index in [1.807, 2.05) is 18.2 Å². The number of amidine groups is 1. The highest BCUT2D eigenvalue weighted by atomic mass is 79.9. The fourth-order valence-corrected chi connectivity index (χ4v) is 5.14. The van der Waals surface area contributed by atoms with Crippen LogP contribution in [-0.4, -0.2) is 65.0 Å². The highest BCUT2D eigenvalue weighted by molar-refractivity contribution is 9.10. The predicted octanol–water partition coefficient (Wildman–Crippen LogP) is 2.31. The summed E-state index contributed by atoms with van der Waals surface area (Å²) in [6.45, 7) is 2.73. The summed E-state index contributed by atoms with van der Waals surface area (Å²) in [5.41, 5.74) is 2.11. The van der Waals surface area contributed by atoms with Gasteiger partial charge < -0.3 is 19.9 Å². The van der Waals surface area contributed by atoms with Crippen LogP contribution in [0.25, 0.3) is 0 Å². The predicted molar refractivity (Wildman–Crippen MR) is 119 cm³/mol. The lowest BCUT2D eigenvalue weighted by Crippen LogP contribution is -2.38. The van der Waals surface area contributed by atoms with E-state index in [1.54, 1.807) is 30.1 Å². The van der Waals surface area contributed by atoms with Crippen molar-refractivity contribution in [1.82, 2.24) is 4.90 Å². The number of fused-ring (bicyclic) bond motifs is 1. The Hall–Kier alpha value is -2.43. The van der Waals surface area contributed by atoms with Crippen molar-refractivity contribution < 1.29 is 17.9 Å². The zero-order chi connectivity index (χ0) is 21.3. The van der Waals surface area contributed by atoms with Gasteiger partial charge in [-0.1, -0.05) is 28.1 Å². The first-order valence-corrected chi connectivity index (χ1v) is 11.7. The van der Waals surface area contributed by atoms with Gasteiger partial charge in [-0.25, -0.2) is 0 Å². The van der Waals surface area contributed by atoms with Gasteiger partial charge in [-0.15, -0.1) is 4.40 Å². The van der Waals surface area contributed by atoms with E-state index in [0.29, 0.717) is 24.5 Å². The lowest BCUT2D eigenvalue weighted by atomic mass is 10.2. The van der Waals surface area contributed by atoms with Gasteiger partial charge in [0.15, 0.2) is 5.84 Å². The average Bonchev–Trinajstić information content (AvgIpc) is 3.00. The molecule has 2 aromatic rings. The lowest BCUT2D eigenvalue weighted by Gasteiger charge is -2.30. The van der Waals surface area contributed by atoms with Crippen molar-refractivity contribution in [3.05, 3.63) is 52.5 Å². The lowest BCUT2D eigenvalue weighted by molar-refractivity contribution is -0.116. The van der Waals surface area contributed by atoms with Crippen molar-refractivity contribution in [2.75, 3.05) is 50.1 Å². The van der Waals surface area contributed by atoms with Crippen LogP contribution >= 0.6 is 15.9 Å². The number of ether oxygens (including phenoxy) is 1. The molecule has 0 bridgehead atoms. The molecule has 0 aliphatic carbocycles. The summed E-state index contributed by atoms with van der Waals surface area (Å²) in [5, 5.41) is 2.95. The molecule has 2 aliphatic heterocycles. The summed E-state index contributed by atoms with van der Waals surface area (Å²) >= 11 is 3.45. The molecule has 1 saturated heterocycles. The molecule has 0 unspecified atom stereocenters. The minimum atomic E-state index is -3.73. The normalized spacial score (nSPS) is 17.3. The summed E-state index contributed by atoms with van der Waals surface area (Å²) in [6.07, 6.45) is 0. The molecule has 2 aliphatic rings. The van der Waals surface area contributed by atoms with Crippen molar-refractivity contribution in [2.45, 2.75) is 4.90 Å². The van der Waals surface area contributed by atoms with Gasteiger partial charge >= 0.3 is 0 Å². The van der Waals surface area contributed by atoms with Crippen LogP contribution in [0.3, 0.4) is 0 Å². The second-order valence-electron chi connectivity index (χ2n) is 7.05. The molecule has 1 N–H and O–H groups in total. The number of amides is 1. The van der Waals surface area contributed by atoms with Crippen LogP contribution in [0.1, 0.15) is 5.56 Å². The van der Waals surface area contributed by atoms with Crippen LogP contribution in [0.4, 0.5) is 11.4 Å². The van der Waals surface area contributed by atoms with E-state index < -0.39 is 10.0 Å². The average molecular weight is 493 g/mol. The van der Waals surface area contributed by atoms with Gasteiger partial charge in [-0.2, -0.15) is 8.42 Å². The number of carbonyl (C=O) groups excluding carboxylic acids is 1. The van der Waals surface area contributed by atoms with Crippen LogP contribution < -0.4 is 10.2 Å². The monoisotopic (exact) mass is 492 g/mol. The summed E-state index contributed by atoms with van der Waals surface area (Å²) in [7, 11) is -2.08. The second-order valence-corrected chi connectivity index (χ2v) is 9.54. The van der Waals surface area contributed by atoms with Crippen molar-refractivity contribution in [3.8, 4) is 0 Å². The zero-order valence-corrected chi connectivity index (χ0v) is 18.7. The van der Waals surface area contributed by atoms with Gasteiger partial charge in [0.1, 0.15) is 4.90 Å². The van der Waals surface area contributed by atoms with Gasteiger partial charge in [0.2, 0.25) is 5.91 Å². The fourth-order valence-electron chi connectivity index (χ4n) is 3.53. The first kappa shape index (κ1) is 20.8. The summed E-state index contributed by atoms with van der Waals surface area (Å²) in [5.74, 6) is -0.00187. The molecule has 10 heteroatoms. The highest BCUT2D eigenvalue weighted by Crippen LogP contribution is 2.30. The Balaban J connectivity index is 1.51. The Morgan fingerprint density at radius 3 is 2.73 bits per heavy atom. The molecule has 0 atom stereocenters. The van der Waals surface area contributed by atoms with E-state index in [1.165, 1.54) is 6.07 Å². The number of rotatable bonds is 4.